The number of hydrogen-bond donors (Lipinski definition) is 1. The Morgan fingerprint density at radius 2 is 0.824 bits per heavy atom. The molecule has 2 aromatic rings. The fraction of sp³-hybridized carbons (Fsp3) is 0.600. The fourth-order valence-corrected chi connectivity index (χ4v) is 8.47. The van der Waals surface area contributed by atoms with Crippen molar-refractivity contribution in [3.63, 3.8) is 0 Å². The standard InChI is InChI=1S/C50H65NO23/c1-10-61-48-39(51-26(2)52)43(64-22-35-19-15-12-16-20-35)40(36(70-48)23-60-21-34-17-13-11-14-18-34)73-49-47(69-33(9)59)45(67-31(7)57)42(38(72-49)25-63-28(4)54)74-50-46(68-32(8)58)44(66-30(6)56)41(65-29(5)55)37(71-50)24-62-27(3)53/h11-20,36-50H,10,21-25H2,1-9H3,(H,51,52)/t36-,37-,38-,39-,40-,41+,42+,43-,44+,45+,46-,47-,48-,49+,50-/m1/s1. The van der Waals surface area contributed by atoms with E-state index in [1.54, 1.807) is 6.92 Å². The number of ether oxygens (including phenoxy) is 15. The van der Waals surface area contributed by atoms with E-state index in [1.807, 2.05) is 60.7 Å². The van der Waals surface area contributed by atoms with E-state index in [-0.39, 0.29) is 26.4 Å². The van der Waals surface area contributed by atoms with Crippen LogP contribution in [0.3, 0.4) is 0 Å². The van der Waals surface area contributed by atoms with Crippen LogP contribution in [0.1, 0.15) is 73.4 Å². The number of hydrogen-bond acceptors (Lipinski definition) is 23. The van der Waals surface area contributed by atoms with Gasteiger partial charge >= 0.3 is 41.8 Å². The van der Waals surface area contributed by atoms with Gasteiger partial charge < -0.3 is 76.4 Å². The van der Waals surface area contributed by atoms with Crippen molar-refractivity contribution in [3.05, 3.63) is 71.8 Å². The molecule has 74 heavy (non-hydrogen) atoms. The van der Waals surface area contributed by atoms with Crippen LogP contribution >= 0.6 is 0 Å². The lowest BCUT2D eigenvalue weighted by atomic mass is 9.94. The smallest absolute Gasteiger partial charge is 0.303 e. The van der Waals surface area contributed by atoms with E-state index >= 15 is 0 Å². The summed E-state index contributed by atoms with van der Waals surface area (Å²) >= 11 is 0. The van der Waals surface area contributed by atoms with Crippen molar-refractivity contribution in [1.82, 2.24) is 5.32 Å². The lowest BCUT2D eigenvalue weighted by Crippen LogP contribution is -2.69. The molecule has 0 bridgehead atoms. The van der Waals surface area contributed by atoms with Crippen molar-refractivity contribution in [3.8, 4) is 0 Å². The molecule has 3 heterocycles. The van der Waals surface area contributed by atoms with Crippen molar-refractivity contribution < 1.29 is 109 Å². The Morgan fingerprint density at radius 3 is 1.27 bits per heavy atom. The van der Waals surface area contributed by atoms with Crippen molar-refractivity contribution >= 4 is 47.7 Å². The zero-order chi connectivity index (χ0) is 54.1. The molecule has 408 valence electrons. The molecule has 3 fully saturated rings. The molecule has 3 aliphatic heterocycles. The quantitative estimate of drug-likeness (QED) is 0.123. The first kappa shape index (κ1) is 58.8. The third-order valence-electron chi connectivity index (χ3n) is 11.2. The van der Waals surface area contributed by atoms with Crippen LogP contribution in [0.15, 0.2) is 60.7 Å². The van der Waals surface area contributed by atoms with Gasteiger partial charge in [0.2, 0.25) is 5.91 Å². The number of esters is 7. The molecular weight excluding hydrogens is 983 g/mol. The Morgan fingerprint density at radius 1 is 0.432 bits per heavy atom. The largest absolute Gasteiger partial charge is 0.463 e. The van der Waals surface area contributed by atoms with E-state index in [2.05, 4.69) is 5.32 Å². The van der Waals surface area contributed by atoms with Crippen molar-refractivity contribution in [2.24, 2.45) is 0 Å². The lowest BCUT2D eigenvalue weighted by molar-refractivity contribution is -0.377. The average molecular weight is 1050 g/mol. The lowest BCUT2D eigenvalue weighted by Gasteiger charge is -2.51. The second kappa shape index (κ2) is 28.5. The second-order valence-electron chi connectivity index (χ2n) is 17.2. The molecule has 3 aliphatic rings. The molecule has 1 amide bonds. The van der Waals surface area contributed by atoms with Gasteiger partial charge in [0.05, 0.1) is 19.8 Å². The molecule has 24 heteroatoms. The number of carbonyl (C=O) groups is 8. The van der Waals surface area contributed by atoms with Crippen molar-refractivity contribution in [2.45, 2.75) is 168 Å². The summed E-state index contributed by atoms with van der Waals surface area (Å²) in [6.07, 6.45) is -22.0. The van der Waals surface area contributed by atoms with Gasteiger partial charge in [0.15, 0.2) is 49.4 Å². The van der Waals surface area contributed by atoms with Crippen LogP contribution in [0.5, 0.6) is 0 Å². The molecule has 0 aromatic heterocycles. The van der Waals surface area contributed by atoms with Crippen LogP contribution in [0, 0.1) is 0 Å². The number of carbonyl (C=O) groups excluding carboxylic acids is 8. The first-order valence-corrected chi connectivity index (χ1v) is 23.8. The first-order valence-electron chi connectivity index (χ1n) is 23.8. The fourth-order valence-electron chi connectivity index (χ4n) is 8.47. The monoisotopic (exact) mass is 1050 g/mol. The highest BCUT2D eigenvalue weighted by molar-refractivity contribution is 5.73. The van der Waals surface area contributed by atoms with Gasteiger partial charge in [-0.15, -0.1) is 0 Å². The SMILES string of the molecule is CCO[C@@H]1O[C@H](COCc2ccccc2)[C@@H](O[C@@H]2O[C@H](COC(C)=O)[C@H](O[C@H]3O[C@H](COC(C)=O)[C@H](OC(C)=O)[C@H](OC(C)=O)[C@H]3OC(C)=O)[C@H](OC(C)=O)[C@H]2OC(C)=O)[C@H](OCc2ccccc2)[C@H]1NC(C)=O. The summed E-state index contributed by atoms with van der Waals surface area (Å²) in [4.78, 5) is 102. The van der Waals surface area contributed by atoms with Gasteiger partial charge in [0.25, 0.3) is 0 Å². The minimum absolute atomic E-state index is 0.0339. The number of amides is 1. The third-order valence-corrected chi connectivity index (χ3v) is 11.2. The van der Waals surface area contributed by atoms with Gasteiger partial charge in [0, 0.05) is 62.0 Å². The molecule has 0 radical (unpaired) electrons. The Labute approximate surface area is 427 Å². The highest BCUT2D eigenvalue weighted by Gasteiger charge is 2.59. The van der Waals surface area contributed by atoms with E-state index < -0.39 is 153 Å². The van der Waals surface area contributed by atoms with Gasteiger partial charge in [0.1, 0.15) is 55.9 Å². The van der Waals surface area contributed by atoms with Crippen LogP contribution in [0.4, 0.5) is 0 Å². The van der Waals surface area contributed by atoms with E-state index in [9.17, 15) is 38.4 Å². The van der Waals surface area contributed by atoms with Gasteiger partial charge in [-0.25, -0.2) is 0 Å². The Kier molecular flexibility index (Phi) is 22.7. The zero-order valence-corrected chi connectivity index (χ0v) is 42.6. The molecule has 0 aliphatic carbocycles. The Hall–Kier alpha value is -6.12. The van der Waals surface area contributed by atoms with E-state index in [0.717, 1.165) is 59.6 Å². The maximum absolute atomic E-state index is 13.2. The molecule has 24 nitrogen and oxygen atoms in total. The Bertz CT molecular complexity index is 2200. The molecule has 3 saturated heterocycles. The number of benzene rings is 2. The van der Waals surface area contributed by atoms with E-state index in [0.29, 0.717) is 0 Å². The highest BCUT2D eigenvalue weighted by Crippen LogP contribution is 2.38. The first-order chi connectivity index (χ1) is 35.2. The maximum atomic E-state index is 13.2. The zero-order valence-electron chi connectivity index (χ0n) is 42.6. The van der Waals surface area contributed by atoms with Gasteiger partial charge in [-0.3, -0.25) is 38.4 Å². The van der Waals surface area contributed by atoms with E-state index in [1.165, 1.54) is 6.92 Å². The van der Waals surface area contributed by atoms with Crippen LogP contribution in [0.2, 0.25) is 0 Å². The molecular formula is C50H65NO23. The molecule has 0 spiro atoms. The van der Waals surface area contributed by atoms with Crippen LogP contribution in [0.25, 0.3) is 0 Å². The van der Waals surface area contributed by atoms with Gasteiger partial charge in [-0.05, 0) is 18.1 Å². The number of nitrogens with one attached hydrogen (secondary N) is 1. The summed E-state index contributed by atoms with van der Waals surface area (Å²) in [6.45, 7) is 9.10. The van der Waals surface area contributed by atoms with Crippen LogP contribution < -0.4 is 5.32 Å². The van der Waals surface area contributed by atoms with Crippen LogP contribution in [-0.4, -0.2) is 166 Å². The second-order valence-corrected chi connectivity index (χ2v) is 17.2. The highest BCUT2D eigenvalue weighted by atomic mass is 16.8. The minimum Gasteiger partial charge on any atom is -0.463 e. The van der Waals surface area contributed by atoms with Gasteiger partial charge in [-0.1, -0.05) is 60.7 Å². The predicted octanol–water partition coefficient (Wildman–Crippen LogP) is 2.06. The molecule has 0 saturated carbocycles. The summed E-state index contributed by atoms with van der Waals surface area (Å²) in [5, 5.41) is 2.87. The van der Waals surface area contributed by atoms with Gasteiger partial charge in [-0.2, -0.15) is 0 Å². The third kappa shape index (κ3) is 17.5. The molecule has 5 rings (SSSR count). The normalized spacial score (nSPS) is 29.6. The summed E-state index contributed by atoms with van der Waals surface area (Å²) in [5.74, 6) is -6.79. The number of rotatable bonds is 23. The predicted molar refractivity (Wildman–Crippen MR) is 247 cm³/mol. The van der Waals surface area contributed by atoms with Crippen molar-refractivity contribution in [2.75, 3.05) is 26.4 Å². The van der Waals surface area contributed by atoms with Crippen molar-refractivity contribution in [1.29, 1.82) is 0 Å². The minimum atomic E-state index is -1.92. The Balaban J connectivity index is 1.65. The molecule has 15 atom stereocenters. The van der Waals surface area contributed by atoms with E-state index in [4.69, 9.17) is 71.1 Å². The van der Waals surface area contributed by atoms with Crippen LogP contribution in [-0.2, 0) is 123 Å². The average Bonchev–Trinajstić information content (AvgIpc) is 3.32. The summed E-state index contributed by atoms with van der Waals surface area (Å²) in [6, 6.07) is 17.2. The molecule has 0 unspecified atom stereocenters. The maximum Gasteiger partial charge on any atom is 0.303 e. The summed E-state index contributed by atoms with van der Waals surface area (Å²) in [7, 11) is 0. The molecule has 2 aromatic carbocycles. The topological polar surface area (TPSA) is 287 Å². The summed E-state index contributed by atoms with van der Waals surface area (Å²) in [5.41, 5.74) is 1.55. The summed E-state index contributed by atoms with van der Waals surface area (Å²) < 4.78 is 90.8. The molecule has 1 N–H and O–H groups in total.